The average molecular weight is 463 g/mol. The van der Waals surface area contributed by atoms with Crippen molar-refractivity contribution in [3.63, 3.8) is 0 Å². The Morgan fingerprint density at radius 2 is 1.76 bits per heavy atom. The third-order valence-electron chi connectivity index (χ3n) is 11.0. The van der Waals surface area contributed by atoms with Crippen molar-refractivity contribution in [3.8, 4) is 0 Å². The first-order chi connectivity index (χ1) is 15.4. The number of hydrogen-bond donors (Lipinski definition) is 5. The van der Waals surface area contributed by atoms with Gasteiger partial charge in [0.05, 0.1) is 31.0 Å². The molecule has 0 aromatic carbocycles. The monoisotopic (exact) mass is 462 g/mol. The van der Waals surface area contributed by atoms with Gasteiger partial charge in [0.15, 0.2) is 0 Å². The van der Waals surface area contributed by atoms with E-state index in [1.807, 2.05) is 19.9 Å². The lowest BCUT2D eigenvalue weighted by Crippen LogP contribution is -2.59. The lowest BCUT2D eigenvalue weighted by atomic mass is 9.45. The van der Waals surface area contributed by atoms with Crippen molar-refractivity contribution in [2.45, 2.75) is 104 Å². The SMILES string of the molecule is C/C(CO)=C(\C)C[C@@H](O)[C@@H](C)[C@H]1CC[C@H]2[C@@H]3[C@H](O)C=C4C[C@@H](O)C[C@H](O)[C@]4(C)[C@H]3CC[C@]12C. The third-order valence-corrected chi connectivity index (χ3v) is 11.0. The average Bonchev–Trinajstić information content (AvgIpc) is 3.11. The van der Waals surface area contributed by atoms with Gasteiger partial charge in [0.25, 0.3) is 0 Å². The third kappa shape index (κ3) is 3.96. The molecule has 3 saturated carbocycles. The molecule has 4 rings (SSSR count). The van der Waals surface area contributed by atoms with E-state index < -0.39 is 24.4 Å². The van der Waals surface area contributed by atoms with Crippen LogP contribution in [0.2, 0.25) is 0 Å². The molecule has 0 spiro atoms. The molecular weight excluding hydrogens is 416 g/mol. The number of fused-ring (bicyclic) bond motifs is 5. The summed E-state index contributed by atoms with van der Waals surface area (Å²) >= 11 is 0. The van der Waals surface area contributed by atoms with Gasteiger partial charge in [-0.05, 0) is 93.0 Å². The lowest BCUT2D eigenvalue weighted by molar-refractivity contribution is -0.136. The summed E-state index contributed by atoms with van der Waals surface area (Å²) in [5, 5.41) is 53.2. The molecule has 5 nitrogen and oxygen atoms in total. The molecule has 0 radical (unpaired) electrons. The molecule has 4 aliphatic carbocycles. The fourth-order valence-corrected chi connectivity index (χ4v) is 8.68. The van der Waals surface area contributed by atoms with Crippen LogP contribution in [0.3, 0.4) is 0 Å². The first-order valence-corrected chi connectivity index (χ1v) is 13.1. The Hall–Kier alpha value is -0.720. The second-order valence-corrected chi connectivity index (χ2v) is 12.4. The van der Waals surface area contributed by atoms with E-state index in [2.05, 4.69) is 20.8 Å². The summed E-state index contributed by atoms with van der Waals surface area (Å²) in [6.07, 6.45) is 5.61. The van der Waals surface area contributed by atoms with E-state index >= 15 is 0 Å². The largest absolute Gasteiger partial charge is 0.393 e. The molecule has 0 aromatic heterocycles. The molecule has 188 valence electrons. The summed E-state index contributed by atoms with van der Waals surface area (Å²) in [5.74, 6) is 1.26. The van der Waals surface area contributed by atoms with Crippen LogP contribution in [0.5, 0.6) is 0 Å². The Morgan fingerprint density at radius 1 is 1.06 bits per heavy atom. The molecule has 0 amide bonds. The van der Waals surface area contributed by atoms with E-state index in [1.165, 1.54) is 0 Å². The molecule has 4 aliphatic rings. The molecule has 3 fully saturated rings. The van der Waals surface area contributed by atoms with Crippen molar-refractivity contribution >= 4 is 0 Å². The van der Waals surface area contributed by atoms with Crippen LogP contribution in [0.15, 0.2) is 22.8 Å². The van der Waals surface area contributed by atoms with Gasteiger partial charge in [-0.25, -0.2) is 0 Å². The highest BCUT2D eigenvalue weighted by atomic mass is 16.3. The second kappa shape index (κ2) is 9.05. The summed E-state index contributed by atoms with van der Waals surface area (Å²) in [6, 6.07) is 0. The normalized spacial score (nSPS) is 47.6. The van der Waals surface area contributed by atoms with E-state index in [9.17, 15) is 25.5 Å². The van der Waals surface area contributed by atoms with Gasteiger partial charge >= 0.3 is 0 Å². The molecule has 0 unspecified atom stereocenters. The Bertz CT molecular complexity index is 804. The van der Waals surface area contributed by atoms with E-state index in [0.29, 0.717) is 31.1 Å². The Morgan fingerprint density at radius 3 is 2.42 bits per heavy atom. The number of rotatable bonds is 5. The molecule has 0 bridgehead atoms. The van der Waals surface area contributed by atoms with Crippen LogP contribution < -0.4 is 0 Å². The van der Waals surface area contributed by atoms with Crippen molar-refractivity contribution in [2.75, 3.05) is 6.61 Å². The summed E-state index contributed by atoms with van der Waals surface area (Å²) in [6.45, 7) is 10.7. The smallest absolute Gasteiger partial charge is 0.0757 e. The van der Waals surface area contributed by atoms with Crippen LogP contribution in [0, 0.1) is 40.4 Å². The minimum atomic E-state index is -0.570. The van der Waals surface area contributed by atoms with E-state index in [0.717, 1.165) is 42.4 Å². The molecule has 0 saturated heterocycles. The Balaban J connectivity index is 1.58. The Labute approximate surface area is 199 Å². The van der Waals surface area contributed by atoms with Gasteiger partial charge in [0.1, 0.15) is 0 Å². The topological polar surface area (TPSA) is 101 Å². The van der Waals surface area contributed by atoms with Crippen molar-refractivity contribution in [3.05, 3.63) is 22.8 Å². The van der Waals surface area contributed by atoms with E-state index in [-0.39, 0.29) is 35.2 Å². The maximum Gasteiger partial charge on any atom is 0.0757 e. The van der Waals surface area contributed by atoms with Gasteiger partial charge in [-0.2, -0.15) is 0 Å². The second-order valence-electron chi connectivity index (χ2n) is 12.4. The van der Waals surface area contributed by atoms with Gasteiger partial charge in [-0.15, -0.1) is 0 Å². The summed E-state index contributed by atoms with van der Waals surface area (Å²) in [7, 11) is 0. The van der Waals surface area contributed by atoms with E-state index in [4.69, 9.17) is 0 Å². The summed E-state index contributed by atoms with van der Waals surface area (Å²) in [4.78, 5) is 0. The molecule has 11 atom stereocenters. The molecular formula is C28H46O5. The van der Waals surface area contributed by atoms with Crippen molar-refractivity contribution < 1.29 is 25.5 Å². The van der Waals surface area contributed by atoms with Gasteiger partial charge in [-0.1, -0.05) is 38.0 Å². The van der Waals surface area contributed by atoms with Gasteiger partial charge in [0.2, 0.25) is 0 Å². The summed E-state index contributed by atoms with van der Waals surface area (Å²) in [5.41, 5.74) is 2.76. The van der Waals surface area contributed by atoms with Crippen LogP contribution in [-0.2, 0) is 0 Å². The first kappa shape index (κ1) is 25.4. The van der Waals surface area contributed by atoms with Gasteiger partial charge in [-0.3, -0.25) is 0 Å². The number of hydrogen-bond acceptors (Lipinski definition) is 5. The zero-order valence-electron chi connectivity index (χ0n) is 21.2. The molecule has 5 N–H and O–H groups in total. The van der Waals surface area contributed by atoms with Crippen LogP contribution in [0.25, 0.3) is 0 Å². The predicted octanol–water partition coefficient (Wildman–Crippen LogP) is 3.58. The molecule has 5 heteroatoms. The van der Waals surface area contributed by atoms with Gasteiger partial charge in [0, 0.05) is 11.8 Å². The van der Waals surface area contributed by atoms with Crippen LogP contribution >= 0.6 is 0 Å². The quantitative estimate of drug-likeness (QED) is 0.402. The van der Waals surface area contributed by atoms with Crippen LogP contribution in [-0.4, -0.2) is 56.6 Å². The standard InChI is InChI=1S/C28H46O5/c1-15(16(2)14-29)10-23(31)17(3)20-6-7-21-26-22(8-9-27(20,21)4)28(5)18(12-24(26)32)11-19(30)13-25(28)33/h12,17,19-26,29-33H,6-11,13-14H2,1-5H3/b16-15-/t17-,19+,20+,21-,22-,23+,24+,25-,26-,27+,28-/m0/s1. The van der Waals surface area contributed by atoms with Gasteiger partial charge < -0.3 is 25.5 Å². The minimum Gasteiger partial charge on any atom is -0.393 e. The van der Waals surface area contributed by atoms with Crippen molar-refractivity contribution in [2.24, 2.45) is 40.4 Å². The van der Waals surface area contributed by atoms with Crippen LogP contribution in [0.4, 0.5) is 0 Å². The molecule has 33 heavy (non-hydrogen) atoms. The van der Waals surface area contributed by atoms with Crippen molar-refractivity contribution in [1.82, 2.24) is 0 Å². The zero-order chi connectivity index (χ0) is 24.3. The van der Waals surface area contributed by atoms with Crippen molar-refractivity contribution in [1.29, 1.82) is 0 Å². The summed E-state index contributed by atoms with van der Waals surface area (Å²) < 4.78 is 0. The van der Waals surface area contributed by atoms with E-state index in [1.54, 1.807) is 0 Å². The highest BCUT2D eigenvalue weighted by Gasteiger charge is 2.63. The fourth-order valence-electron chi connectivity index (χ4n) is 8.68. The number of aliphatic hydroxyl groups excluding tert-OH is 5. The minimum absolute atomic E-state index is 0.0360. The Kier molecular flexibility index (Phi) is 6.96. The van der Waals surface area contributed by atoms with Crippen LogP contribution in [0.1, 0.15) is 79.6 Å². The number of aliphatic hydroxyl groups is 5. The lowest BCUT2D eigenvalue weighted by Gasteiger charge is -2.60. The molecule has 0 aromatic rings. The fraction of sp³-hybridized carbons (Fsp3) is 0.857. The highest BCUT2D eigenvalue weighted by molar-refractivity contribution is 5.30. The maximum atomic E-state index is 11.3. The zero-order valence-corrected chi connectivity index (χ0v) is 21.2. The predicted molar refractivity (Wildman–Crippen MR) is 129 cm³/mol. The molecule has 0 heterocycles. The first-order valence-electron chi connectivity index (χ1n) is 13.1. The highest BCUT2D eigenvalue weighted by Crippen LogP contribution is 2.67. The maximum absolute atomic E-state index is 11.3. The molecule has 0 aliphatic heterocycles.